The Kier molecular flexibility index (Phi) is 5.84. The molecule has 1 saturated heterocycles. The number of carbonyl (C=O) groups is 2. The van der Waals surface area contributed by atoms with Crippen molar-refractivity contribution in [1.29, 1.82) is 0 Å². The minimum Gasteiger partial charge on any atom is -0.466 e. The quantitative estimate of drug-likeness (QED) is 0.471. The summed E-state index contributed by atoms with van der Waals surface area (Å²) in [5.74, 6) is -2.10. The molecule has 0 aromatic heterocycles. The van der Waals surface area contributed by atoms with E-state index in [0.29, 0.717) is 18.4 Å². The number of hydrogen-bond donors (Lipinski definition) is 0. The fourth-order valence-corrected chi connectivity index (χ4v) is 2.97. The van der Waals surface area contributed by atoms with E-state index in [2.05, 4.69) is 11.3 Å². The zero-order valence-corrected chi connectivity index (χ0v) is 13.4. The number of benzene rings is 1. The fourth-order valence-electron chi connectivity index (χ4n) is 2.97. The van der Waals surface area contributed by atoms with Gasteiger partial charge in [-0.3, -0.25) is 4.79 Å². The summed E-state index contributed by atoms with van der Waals surface area (Å²) >= 11 is 0. The van der Waals surface area contributed by atoms with Gasteiger partial charge in [-0.15, -0.1) is 6.58 Å². The largest absolute Gasteiger partial charge is 0.466 e. The summed E-state index contributed by atoms with van der Waals surface area (Å²) in [6, 6.07) is 2.47. The third kappa shape index (κ3) is 4.07. The van der Waals surface area contributed by atoms with Gasteiger partial charge in [0.2, 0.25) is 5.91 Å². The highest BCUT2D eigenvalue weighted by molar-refractivity contribution is 5.82. The predicted molar refractivity (Wildman–Crippen MR) is 84.9 cm³/mol. The van der Waals surface area contributed by atoms with Crippen molar-refractivity contribution in [3.05, 3.63) is 60.2 Å². The molecule has 1 amide bonds. The molecule has 2 atom stereocenters. The first kappa shape index (κ1) is 17.8. The minimum absolute atomic E-state index is 0.108. The second-order valence-electron chi connectivity index (χ2n) is 5.54. The van der Waals surface area contributed by atoms with Crippen molar-refractivity contribution < 1.29 is 23.1 Å². The van der Waals surface area contributed by atoms with E-state index in [4.69, 9.17) is 0 Å². The number of nitrogens with zero attached hydrogens (tertiary/aromatic N) is 1. The normalized spacial score (nSPS) is 20.4. The van der Waals surface area contributed by atoms with Gasteiger partial charge in [0, 0.05) is 18.6 Å². The predicted octanol–water partition coefficient (Wildman–Crippen LogP) is 3.30. The molecule has 128 valence electrons. The van der Waals surface area contributed by atoms with Crippen LogP contribution in [0.15, 0.2) is 43.0 Å². The molecular weight excluding hydrogens is 316 g/mol. The molecule has 0 radical (unpaired) electrons. The van der Waals surface area contributed by atoms with Gasteiger partial charge in [0.25, 0.3) is 0 Å². The van der Waals surface area contributed by atoms with Crippen LogP contribution in [0.4, 0.5) is 8.78 Å². The summed E-state index contributed by atoms with van der Waals surface area (Å²) in [6.45, 7) is 3.55. The SMILES string of the molecule is C=CCC(=O)N1[C@@H](/C=C/C(=O)OC)CC[C@H]1c1cc(F)cc(F)c1. The van der Waals surface area contributed by atoms with Gasteiger partial charge in [-0.05, 0) is 30.5 Å². The Morgan fingerprint density at radius 3 is 2.54 bits per heavy atom. The molecule has 4 nitrogen and oxygen atoms in total. The number of esters is 1. The van der Waals surface area contributed by atoms with Crippen LogP contribution in [0.5, 0.6) is 0 Å². The summed E-state index contributed by atoms with van der Waals surface area (Å²) < 4.78 is 31.6. The Labute approximate surface area is 139 Å². The number of rotatable bonds is 5. The first-order valence-electron chi connectivity index (χ1n) is 7.60. The van der Waals surface area contributed by atoms with E-state index < -0.39 is 23.6 Å². The van der Waals surface area contributed by atoms with Crippen molar-refractivity contribution in [2.75, 3.05) is 7.11 Å². The van der Waals surface area contributed by atoms with Crippen molar-refractivity contribution in [1.82, 2.24) is 4.90 Å². The van der Waals surface area contributed by atoms with E-state index in [-0.39, 0.29) is 18.4 Å². The van der Waals surface area contributed by atoms with Crippen LogP contribution in [0.2, 0.25) is 0 Å². The maximum absolute atomic E-state index is 13.5. The number of ether oxygens (including phenoxy) is 1. The van der Waals surface area contributed by atoms with Crippen LogP contribution in [0.1, 0.15) is 30.9 Å². The summed E-state index contributed by atoms with van der Waals surface area (Å²) in [4.78, 5) is 25.3. The number of carbonyl (C=O) groups excluding carboxylic acids is 2. The molecule has 6 heteroatoms. The standard InChI is InChI=1S/C18H19F2NO3/c1-3-4-17(22)21-15(6-8-18(23)24-2)5-7-16(21)12-9-13(19)11-14(20)10-12/h3,6,8-11,15-16H,1,4-5,7H2,2H3/b8-6+/t15-,16+/m1/s1. The second-order valence-corrected chi connectivity index (χ2v) is 5.54. The van der Waals surface area contributed by atoms with Crippen LogP contribution in [0, 0.1) is 11.6 Å². The van der Waals surface area contributed by atoms with Crippen LogP contribution in [-0.4, -0.2) is 29.9 Å². The highest BCUT2D eigenvalue weighted by Gasteiger charge is 2.36. The average molecular weight is 335 g/mol. The van der Waals surface area contributed by atoms with Gasteiger partial charge in [0.1, 0.15) is 11.6 Å². The molecule has 0 bridgehead atoms. The molecule has 0 unspecified atom stereocenters. The first-order valence-corrected chi connectivity index (χ1v) is 7.60. The van der Waals surface area contributed by atoms with E-state index in [1.807, 2.05) is 0 Å². The zero-order chi connectivity index (χ0) is 17.7. The highest BCUT2D eigenvalue weighted by atomic mass is 19.1. The van der Waals surface area contributed by atoms with Crippen molar-refractivity contribution in [2.24, 2.45) is 0 Å². The third-order valence-corrected chi connectivity index (χ3v) is 3.96. The molecule has 1 heterocycles. The molecule has 24 heavy (non-hydrogen) atoms. The van der Waals surface area contributed by atoms with Crippen LogP contribution >= 0.6 is 0 Å². The highest BCUT2D eigenvalue weighted by Crippen LogP contribution is 2.37. The lowest BCUT2D eigenvalue weighted by Gasteiger charge is -2.29. The molecule has 0 aliphatic carbocycles. The Bertz CT molecular complexity index is 652. The lowest BCUT2D eigenvalue weighted by atomic mass is 10.0. The Morgan fingerprint density at radius 2 is 1.96 bits per heavy atom. The van der Waals surface area contributed by atoms with Crippen molar-refractivity contribution in [2.45, 2.75) is 31.3 Å². The van der Waals surface area contributed by atoms with Crippen LogP contribution in [0.3, 0.4) is 0 Å². The monoisotopic (exact) mass is 335 g/mol. The number of halogens is 2. The molecule has 1 fully saturated rings. The van der Waals surface area contributed by atoms with E-state index in [1.54, 1.807) is 11.0 Å². The minimum atomic E-state index is -0.685. The lowest BCUT2D eigenvalue weighted by molar-refractivity contribution is -0.135. The first-order chi connectivity index (χ1) is 11.5. The molecule has 1 aromatic rings. The maximum Gasteiger partial charge on any atom is 0.330 e. The van der Waals surface area contributed by atoms with Gasteiger partial charge in [0.05, 0.1) is 19.2 Å². The molecule has 1 aromatic carbocycles. The van der Waals surface area contributed by atoms with Crippen molar-refractivity contribution in [3.63, 3.8) is 0 Å². The third-order valence-electron chi connectivity index (χ3n) is 3.96. The van der Waals surface area contributed by atoms with Gasteiger partial charge in [-0.2, -0.15) is 0 Å². The van der Waals surface area contributed by atoms with Gasteiger partial charge in [0.15, 0.2) is 0 Å². The topological polar surface area (TPSA) is 46.6 Å². The summed E-state index contributed by atoms with van der Waals surface area (Å²) in [6.07, 6.45) is 5.55. The molecule has 0 N–H and O–H groups in total. The van der Waals surface area contributed by atoms with Gasteiger partial charge >= 0.3 is 5.97 Å². The van der Waals surface area contributed by atoms with Crippen LogP contribution in [-0.2, 0) is 14.3 Å². The van der Waals surface area contributed by atoms with Gasteiger partial charge in [-0.1, -0.05) is 12.2 Å². The summed E-state index contributed by atoms with van der Waals surface area (Å²) in [7, 11) is 1.26. The fraction of sp³-hybridized carbons (Fsp3) is 0.333. The summed E-state index contributed by atoms with van der Waals surface area (Å²) in [5.41, 5.74) is 0.402. The Hall–Kier alpha value is -2.50. The van der Waals surface area contributed by atoms with Gasteiger partial charge < -0.3 is 9.64 Å². The van der Waals surface area contributed by atoms with E-state index in [1.165, 1.54) is 31.4 Å². The van der Waals surface area contributed by atoms with E-state index in [9.17, 15) is 18.4 Å². The molecule has 1 aliphatic heterocycles. The second kappa shape index (κ2) is 7.86. The average Bonchev–Trinajstić information content (AvgIpc) is 2.95. The molecular formula is C18H19F2NO3. The zero-order valence-electron chi connectivity index (χ0n) is 13.4. The number of likely N-dealkylation sites (tertiary alicyclic amines) is 1. The molecule has 0 saturated carbocycles. The maximum atomic E-state index is 13.5. The molecule has 2 rings (SSSR count). The lowest BCUT2D eigenvalue weighted by Crippen LogP contribution is -2.36. The molecule has 1 aliphatic rings. The number of hydrogen-bond acceptors (Lipinski definition) is 3. The van der Waals surface area contributed by atoms with Crippen molar-refractivity contribution >= 4 is 11.9 Å². The van der Waals surface area contributed by atoms with Crippen LogP contribution < -0.4 is 0 Å². The smallest absolute Gasteiger partial charge is 0.330 e. The van der Waals surface area contributed by atoms with E-state index in [0.717, 1.165) is 6.07 Å². The number of methoxy groups -OCH3 is 1. The Morgan fingerprint density at radius 1 is 1.29 bits per heavy atom. The van der Waals surface area contributed by atoms with Crippen LogP contribution in [0.25, 0.3) is 0 Å². The van der Waals surface area contributed by atoms with E-state index >= 15 is 0 Å². The summed E-state index contributed by atoms with van der Waals surface area (Å²) in [5, 5.41) is 0. The Balaban J connectivity index is 2.33. The number of amides is 1. The molecule has 0 spiro atoms. The van der Waals surface area contributed by atoms with Crippen molar-refractivity contribution in [3.8, 4) is 0 Å². The van der Waals surface area contributed by atoms with Gasteiger partial charge in [-0.25, -0.2) is 13.6 Å².